The highest BCUT2D eigenvalue weighted by atomic mass is 16.5. The molecule has 2 amide bonds. The Morgan fingerprint density at radius 2 is 1.61 bits per heavy atom. The third-order valence-electron chi connectivity index (χ3n) is 5.82. The molecule has 0 bridgehead atoms. The third kappa shape index (κ3) is 5.25. The third-order valence-corrected chi connectivity index (χ3v) is 5.82. The standard InChI is InChI=1S/C23H32N6O2/c1-23(2,3)18-4-6-19(7-5-18)25-22(30)29-12-10-27(11-13-29)20-8-9-24-21(26-20)28-14-16-31-17-15-28/h4-9H,10-17H2,1-3H3,(H,25,30). The van der Waals surface area contributed by atoms with E-state index in [4.69, 9.17) is 9.72 Å². The predicted molar refractivity (Wildman–Crippen MR) is 123 cm³/mol. The van der Waals surface area contributed by atoms with E-state index in [9.17, 15) is 4.79 Å². The molecular formula is C23H32N6O2. The van der Waals surface area contributed by atoms with E-state index in [1.165, 1.54) is 5.56 Å². The number of carbonyl (C=O) groups is 1. The lowest BCUT2D eigenvalue weighted by molar-refractivity contribution is 0.122. The highest BCUT2D eigenvalue weighted by Gasteiger charge is 2.23. The highest BCUT2D eigenvalue weighted by molar-refractivity contribution is 5.89. The summed E-state index contributed by atoms with van der Waals surface area (Å²) in [6, 6.07) is 9.99. The fourth-order valence-electron chi connectivity index (χ4n) is 3.83. The average molecular weight is 425 g/mol. The maximum absolute atomic E-state index is 12.7. The second-order valence-electron chi connectivity index (χ2n) is 9.05. The number of morpholine rings is 1. The van der Waals surface area contributed by atoms with Crippen LogP contribution in [0.25, 0.3) is 0 Å². The van der Waals surface area contributed by atoms with Crippen LogP contribution in [0.4, 0.5) is 22.2 Å². The van der Waals surface area contributed by atoms with Gasteiger partial charge in [-0.3, -0.25) is 0 Å². The fraction of sp³-hybridized carbons (Fsp3) is 0.522. The largest absolute Gasteiger partial charge is 0.378 e. The smallest absolute Gasteiger partial charge is 0.321 e. The number of ether oxygens (including phenoxy) is 1. The van der Waals surface area contributed by atoms with Gasteiger partial charge < -0.3 is 24.8 Å². The molecule has 0 atom stereocenters. The van der Waals surface area contributed by atoms with Crippen molar-refractivity contribution >= 4 is 23.5 Å². The molecule has 0 spiro atoms. The van der Waals surface area contributed by atoms with Crippen LogP contribution in [-0.4, -0.2) is 73.4 Å². The molecule has 0 unspecified atom stereocenters. The monoisotopic (exact) mass is 424 g/mol. The minimum atomic E-state index is -0.0557. The van der Waals surface area contributed by atoms with Crippen molar-refractivity contribution in [3.63, 3.8) is 0 Å². The van der Waals surface area contributed by atoms with E-state index < -0.39 is 0 Å². The second kappa shape index (κ2) is 9.09. The Bertz CT molecular complexity index is 882. The molecule has 3 heterocycles. The van der Waals surface area contributed by atoms with Crippen molar-refractivity contribution in [1.29, 1.82) is 0 Å². The van der Waals surface area contributed by atoms with E-state index in [-0.39, 0.29) is 11.4 Å². The van der Waals surface area contributed by atoms with Crippen molar-refractivity contribution in [3.05, 3.63) is 42.1 Å². The first-order valence-electron chi connectivity index (χ1n) is 11.0. The van der Waals surface area contributed by atoms with E-state index in [1.54, 1.807) is 0 Å². The predicted octanol–water partition coefficient (Wildman–Crippen LogP) is 2.96. The fourth-order valence-corrected chi connectivity index (χ4v) is 3.83. The normalized spacial score (nSPS) is 17.6. The summed E-state index contributed by atoms with van der Waals surface area (Å²) in [5.41, 5.74) is 2.17. The van der Waals surface area contributed by atoms with Gasteiger partial charge in [0.25, 0.3) is 0 Å². The number of rotatable bonds is 3. The number of urea groups is 1. The van der Waals surface area contributed by atoms with Crippen LogP contribution < -0.4 is 15.1 Å². The molecule has 2 saturated heterocycles. The van der Waals surface area contributed by atoms with Crippen LogP contribution in [0.5, 0.6) is 0 Å². The van der Waals surface area contributed by atoms with Gasteiger partial charge in [0, 0.05) is 51.2 Å². The Balaban J connectivity index is 1.32. The van der Waals surface area contributed by atoms with Crippen LogP contribution in [0.1, 0.15) is 26.3 Å². The molecule has 2 aliphatic rings. The lowest BCUT2D eigenvalue weighted by Crippen LogP contribution is -2.50. The van der Waals surface area contributed by atoms with Gasteiger partial charge in [-0.25, -0.2) is 9.78 Å². The summed E-state index contributed by atoms with van der Waals surface area (Å²) < 4.78 is 5.41. The molecular weight excluding hydrogens is 392 g/mol. The summed E-state index contributed by atoms with van der Waals surface area (Å²) in [6.07, 6.45) is 1.81. The van der Waals surface area contributed by atoms with E-state index in [0.29, 0.717) is 26.3 Å². The maximum atomic E-state index is 12.7. The first-order chi connectivity index (χ1) is 14.9. The number of hydrogen-bond acceptors (Lipinski definition) is 6. The van der Waals surface area contributed by atoms with Crippen LogP contribution in [0.15, 0.2) is 36.5 Å². The summed E-state index contributed by atoms with van der Waals surface area (Å²) >= 11 is 0. The summed E-state index contributed by atoms with van der Waals surface area (Å²) in [5.74, 6) is 1.66. The van der Waals surface area contributed by atoms with Crippen LogP contribution in [0.3, 0.4) is 0 Å². The molecule has 8 nitrogen and oxygen atoms in total. The molecule has 1 aromatic carbocycles. The first kappa shape index (κ1) is 21.4. The molecule has 2 aromatic rings. The van der Waals surface area contributed by atoms with Crippen molar-refractivity contribution in [2.45, 2.75) is 26.2 Å². The number of hydrogen-bond donors (Lipinski definition) is 1. The molecule has 0 aliphatic carbocycles. The summed E-state index contributed by atoms with van der Waals surface area (Å²) in [5, 5.41) is 3.02. The summed E-state index contributed by atoms with van der Waals surface area (Å²) in [6.45, 7) is 12.4. The molecule has 2 aliphatic heterocycles. The zero-order chi connectivity index (χ0) is 21.8. The zero-order valence-corrected chi connectivity index (χ0v) is 18.7. The van der Waals surface area contributed by atoms with Crippen molar-refractivity contribution < 1.29 is 9.53 Å². The number of nitrogens with zero attached hydrogens (tertiary/aromatic N) is 5. The van der Waals surface area contributed by atoms with E-state index in [2.05, 4.69) is 53.0 Å². The van der Waals surface area contributed by atoms with Gasteiger partial charge >= 0.3 is 6.03 Å². The van der Waals surface area contributed by atoms with Gasteiger partial charge in [0.05, 0.1) is 13.2 Å². The van der Waals surface area contributed by atoms with Gasteiger partial charge in [-0.15, -0.1) is 0 Å². The Labute approximate surface area is 184 Å². The molecule has 31 heavy (non-hydrogen) atoms. The van der Waals surface area contributed by atoms with Gasteiger partial charge in [-0.2, -0.15) is 4.98 Å². The molecule has 4 rings (SSSR count). The lowest BCUT2D eigenvalue weighted by Gasteiger charge is -2.35. The van der Waals surface area contributed by atoms with E-state index in [1.807, 2.05) is 29.3 Å². The minimum absolute atomic E-state index is 0.0557. The number of anilines is 3. The van der Waals surface area contributed by atoms with Crippen LogP contribution in [0.2, 0.25) is 0 Å². The molecule has 0 radical (unpaired) electrons. The van der Waals surface area contributed by atoms with Crippen molar-refractivity contribution in [3.8, 4) is 0 Å². The zero-order valence-electron chi connectivity index (χ0n) is 18.7. The molecule has 1 aromatic heterocycles. The number of piperazine rings is 1. The second-order valence-corrected chi connectivity index (χ2v) is 9.05. The molecule has 166 valence electrons. The lowest BCUT2D eigenvalue weighted by atomic mass is 9.87. The minimum Gasteiger partial charge on any atom is -0.378 e. The van der Waals surface area contributed by atoms with Gasteiger partial charge in [0.2, 0.25) is 5.95 Å². The molecule has 2 fully saturated rings. The van der Waals surface area contributed by atoms with Gasteiger partial charge in [-0.05, 0) is 29.2 Å². The van der Waals surface area contributed by atoms with Crippen molar-refractivity contribution in [1.82, 2.24) is 14.9 Å². The van der Waals surface area contributed by atoms with Crippen LogP contribution in [-0.2, 0) is 10.2 Å². The highest BCUT2D eigenvalue weighted by Crippen LogP contribution is 2.24. The molecule has 0 saturated carbocycles. The number of nitrogens with one attached hydrogen (secondary N) is 1. The van der Waals surface area contributed by atoms with Crippen LogP contribution >= 0.6 is 0 Å². The Morgan fingerprint density at radius 3 is 2.26 bits per heavy atom. The van der Waals surface area contributed by atoms with Gasteiger partial charge in [0.1, 0.15) is 5.82 Å². The quantitative estimate of drug-likeness (QED) is 0.817. The number of benzene rings is 1. The first-order valence-corrected chi connectivity index (χ1v) is 11.0. The van der Waals surface area contributed by atoms with Gasteiger partial charge in [-0.1, -0.05) is 32.9 Å². The number of amides is 2. The summed E-state index contributed by atoms with van der Waals surface area (Å²) in [4.78, 5) is 28.1. The van der Waals surface area contributed by atoms with Crippen LogP contribution in [0, 0.1) is 0 Å². The Hall–Kier alpha value is -2.87. The number of aromatic nitrogens is 2. The Kier molecular flexibility index (Phi) is 6.27. The van der Waals surface area contributed by atoms with E-state index >= 15 is 0 Å². The van der Waals surface area contributed by atoms with Crippen molar-refractivity contribution in [2.24, 2.45) is 0 Å². The summed E-state index contributed by atoms with van der Waals surface area (Å²) in [7, 11) is 0. The Morgan fingerprint density at radius 1 is 0.935 bits per heavy atom. The maximum Gasteiger partial charge on any atom is 0.321 e. The van der Waals surface area contributed by atoms with Crippen molar-refractivity contribution in [2.75, 3.05) is 67.6 Å². The SMILES string of the molecule is CC(C)(C)c1ccc(NC(=O)N2CCN(c3ccnc(N4CCOCC4)n3)CC2)cc1. The average Bonchev–Trinajstić information content (AvgIpc) is 2.79. The molecule has 8 heteroatoms. The topological polar surface area (TPSA) is 73.8 Å². The number of carbonyl (C=O) groups excluding carboxylic acids is 1. The van der Waals surface area contributed by atoms with Gasteiger partial charge in [0.15, 0.2) is 0 Å². The van der Waals surface area contributed by atoms with E-state index in [0.717, 1.165) is 43.6 Å². The molecule has 1 N–H and O–H groups in total.